The number of rotatable bonds is 3. The van der Waals surface area contributed by atoms with Crippen molar-refractivity contribution in [3.63, 3.8) is 0 Å². The van der Waals surface area contributed by atoms with Gasteiger partial charge in [-0.3, -0.25) is 0 Å². The SMILES string of the molecule is CNCC/C(C)=C\S. The lowest BCUT2D eigenvalue weighted by Crippen LogP contribution is -2.07. The first-order valence-electron chi connectivity index (χ1n) is 2.75. The van der Waals surface area contributed by atoms with Crippen LogP contribution in [0.25, 0.3) is 0 Å². The molecule has 0 aromatic rings. The van der Waals surface area contributed by atoms with Gasteiger partial charge in [0.2, 0.25) is 0 Å². The number of nitrogens with one attached hydrogen (secondary N) is 1. The first-order chi connectivity index (χ1) is 3.81. The second kappa shape index (κ2) is 5.19. The Morgan fingerprint density at radius 1 is 1.75 bits per heavy atom. The third kappa shape index (κ3) is 4.22. The van der Waals surface area contributed by atoms with Crippen molar-refractivity contribution in [3.8, 4) is 0 Å². The topological polar surface area (TPSA) is 12.0 Å². The van der Waals surface area contributed by atoms with Gasteiger partial charge in [-0.1, -0.05) is 5.57 Å². The van der Waals surface area contributed by atoms with Crippen molar-refractivity contribution >= 4 is 12.6 Å². The summed E-state index contributed by atoms with van der Waals surface area (Å²) < 4.78 is 0. The Balaban J connectivity index is 3.12. The zero-order valence-corrected chi connectivity index (χ0v) is 6.33. The maximum atomic E-state index is 4.00. The van der Waals surface area contributed by atoms with Crippen LogP contribution in [0.15, 0.2) is 11.0 Å². The van der Waals surface area contributed by atoms with E-state index in [1.165, 1.54) is 5.57 Å². The van der Waals surface area contributed by atoms with Crippen LogP contribution >= 0.6 is 12.6 Å². The molecule has 1 N–H and O–H groups in total. The van der Waals surface area contributed by atoms with Gasteiger partial charge in [0.05, 0.1) is 0 Å². The maximum absolute atomic E-state index is 4.00. The summed E-state index contributed by atoms with van der Waals surface area (Å²) in [5.41, 5.74) is 1.32. The smallest absolute Gasteiger partial charge is 0.00144 e. The molecule has 1 nitrogen and oxygen atoms in total. The minimum atomic E-state index is 1.04. The van der Waals surface area contributed by atoms with E-state index in [4.69, 9.17) is 0 Å². The molecule has 0 saturated carbocycles. The largest absolute Gasteiger partial charge is 0.319 e. The van der Waals surface area contributed by atoms with Gasteiger partial charge in [0.15, 0.2) is 0 Å². The highest BCUT2D eigenvalue weighted by Crippen LogP contribution is 1.98. The van der Waals surface area contributed by atoms with Crippen molar-refractivity contribution in [2.75, 3.05) is 13.6 Å². The molecule has 0 bridgehead atoms. The van der Waals surface area contributed by atoms with Crippen LogP contribution in [0.1, 0.15) is 13.3 Å². The normalized spacial score (nSPS) is 12.1. The van der Waals surface area contributed by atoms with Gasteiger partial charge in [-0.15, -0.1) is 0 Å². The lowest BCUT2D eigenvalue weighted by molar-refractivity contribution is 0.786. The molecule has 48 valence electrons. The van der Waals surface area contributed by atoms with Crippen molar-refractivity contribution < 1.29 is 0 Å². The molecule has 0 aliphatic rings. The minimum absolute atomic E-state index is 1.04. The lowest BCUT2D eigenvalue weighted by atomic mass is 10.2. The van der Waals surface area contributed by atoms with E-state index in [0.717, 1.165) is 13.0 Å². The standard InChI is InChI=1S/C6H13NS/c1-6(5-8)3-4-7-2/h5,7-8H,3-4H2,1-2H3/b6-5-. The van der Waals surface area contributed by atoms with Gasteiger partial charge in [-0.05, 0) is 32.3 Å². The first-order valence-corrected chi connectivity index (χ1v) is 3.27. The summed E-state index contributed by atoms with van der Waals surface area (Å²) in [5.74, 6) is 0. The van der Waals surface area contributed by atoms with Gasteiger partial charge < -0.3 is 5.32 Å². The molecular weight excluding hydrogens is 118 g/mol. The quantitative estimate of drug-likeness (QED) is 0.552. The number of hydrogen-bond donors (Lipinski definition) is 2. The zero-order valence-electron chi connectivity index (χ0n) is 5.44. The molecule has 0 amide bonds. The molecule has 0 spiro atoms. The minimum Gasteiger partial charge on any atom is -0.319 e. The highest BCUT2D eigenvalue weighted by Gasteiger charge is 1.83. The molecule has 0 atom stereocenters. The molecule has 8 heavy (non-hydrogen) atoms. The summed E-state index contributed by atoms with van der Waals surface area (Å²) in [4.78, 5) is 0. The van der Waals surface area contributed by atoms with E-state index in [1.807, 2.05) is 12.5 Å². The van der Waals surface area contributed by atoms with Gasteiger partial charge in [-0.25, -0.2) is 0 Å². The summed E-state index contributed by atoms with van der Waals surface area (Å²) >= 11 is 4.00. The molecule has 0 aliphatic carbocycles. The fraction of sp³-hybridized carbons (Fsp3) is 0.667. The highest BCUT2D eigenvalue weighted by atomic mass is 32.1. The van der Waals surface area contributed by atoms with Crippen LogP contribution in [-0.4, -0.2) is 13.6 Å². The molecule has 0 saturated heterocycles. The van der Waals surface area contributed by atoms with Crippen LogP contribution in [0.4, 0.5) is 0 Å². The molecule has 0 heterocycles. The van der Waals surface area contributed by atoms with Crippen LogP contribution in [0, 0.1) is 0 Å². The predicted octanol–water partition coefficient (Wildman–Crippen LogP) is 1.43. The highest BCUT2D eigenvalue weighted by molar-refractivity contribution is 7.83. The Bertz CT molecular complexity index is 78.6. The molecule has 2 heteroatoms. The molecule has 0 rings (SSSR count). The summed E-state index contributed by atoms with van der Waals surface area (Å²) in [6.45, 7) is 3.12. The van der Waals surface area contributed by atoms with E-state index >= 15 is 0 Å². The second-order valence-corrected chi connectivity index (χ2v) is 2.09. The van der Waals surface area contributed by atoms with Crippen molar-refractivity contribution in [2.45, 2.75) is 13.3 Å². The van der Waals surface area contributed by atoms with Crippen LogP contribution < -0.4 is 5.32 Å². The van der Waals surface area contributed by atoms with E-state index in [0.29, 0.717) is 0 Å². The predicted molar refractivity (Wildman–Crippen MR) is 41.3 cm³/mol. The van der Waals surface area contributed by atoms with Crippen LogP contribution in [0.2, 0.25) is 0 Å². The van der Waals surface area contributed by atoms with E-state index in [9.17, 15) is 0 Å². The third-order valence-electron chi connectivity index (χ3n) is 0.990. The average Bonchev–Trinajstić information content (AvgIpc) is 1.83. The molecule has 0 aromatic carbocycles. The molecular formula is C6H13NS. The van der Waals surface area contributed by atoms with Gasteiger partial charge in [0.1, 0.15) is 0 Å². The van der Waals surface area contributed by atoms with E-state index in [2.05, 4.69) is 24.9 Å². The summed E-state index contributed by atoms with van der Waals surface area (Å²) in [6.07, 6.45) is 1.10. The van der Waals surface area contributed by atoms with Gasteiger partial charge in [0.25, 0.3) is 0 Å². The average molecular weight is 131 g/mol. The van der Waals surface area contributed by atoms with Gasteiger partial charge in [-0.2, -0.15) is 12.6 Å². The van der Waals surface area contributed by atoms with Crippen molar-refractivity contribution in [3.05, 3.63) is 11.0 Å². The van der Waals surface area contributed by atoms with Crippen molar-refractivity contribution in [1.29, 1.82) is 0 Å². The van der Waals surface area contributed by atoms with Crippen LogP contribution in [-0.2, 0) is 0 Å². The molecule has 0 aromatic heterocycles. The lowest BCUT2D eigenvalue weighted by Gasteiger charge is -1.96. The summed E-state index contributed by atoms with van der Waals surface area (Å²) in [6, 6.07) is 0. The molecule has 0 unspecified atom stereocenters. The second-order valence-electron chi connectivity index (χ2n) is 1.83. The Labute approximate surface area is 56.6 Å². The zero-order chi connectivity index (χ0) is 6.41. The monoisotopic (exact) mass is 131 g/mol. The third-order valence-corrected chi connectivity index (χ3v) is 1.43. The van der Waals surface area contributed by atoms with Crippen molar-refractivity contribution in [1.82, 2.24) is 5.32 Å². The van der Waals surface area contributed by atoms with E-state index in [1.54, 1.807) is 0 Å². The Hall–Kier alpha value is 0.0500. The van der Waals surface area contributed by atoms with Crippen LogP contribution in [0.5, 0.6) is 0 Å². The number of hydrogen-bond acceptors (Lipinski definition) is 2. The fourth-order valence-electron chi connectivity index (χ4n) is 0.387. The summed E-state index contributed by atoms with van der Waals surface area (Å²) in [7, 11) is 1.95. The first kappa shape index (κ1) is 8.05. The van der Waals surface area contributed by atoms with Crippen LogP contribution in [0.3, 0.4) is 0 Å². The fourth-order valence-corrected chi connectivity index (χ4v) is 0.516. The molecule has 0 radical (unpaired) electrons. The Kier molecular flexibility index (Phi) is 5.22. The molecule has 0 aliphatic heterocycles. The number of thiol groups is 1. The maximum Gasteiger partial charge on any atom is -0.00144 e. The van der Waals surface area contributed by atoms with Crippen molar-refractivity contribution in [2.24, 2.45) is 0 Å². The Morgan fingerprint density at radius 3 is 2.75 bits per heavy atom. The van der Waals surface area contributed by atoms with Gasteiger partial charge >= 0.3 is 0 Å². The van der Waals surface area contributed by atoms with E-state index in [-0.39, 0.29) is 0 Å². The summed E-state index contributed by atoms with van der Waals surface area (Å²) in [5, 5.41) is 4.90. The van der Waals surface area contributed by atoms with Gasteiger partial charge in [0, 0.05) is 0 Å². The molecule has 0 fully saturated rings. The van der Waals surface area contributed by atoms with E-state index < -0.39 is 0 Å². The Morgan fingerprint density at radius 2 is 2.38 bits per heavy atom.